The Morgan fingerprint density at radius 2 is 1.75 bits per heavy atom. The highest BCUT2D eigenvalue weighted by Gasteiger charge is 2.37. The fourth-order valence-electron chi connectivity index (χ4n) is 3.36. The molecular weight excluding hydrogens is 436 g/mol. The van der Waals surface area contributed by atoms with Crippen LogP contribution >= 0.6 is 11.6 Å². The summed E-state index contributed by atoms with van der Waals surface area (Å²) in [5.41, 5.74) is 1.46. The van der Waals surface area contributed by atoms with Gasteiger partial charge in [0.15, 0.2) is 0 Å². The number of rotatable bonds is 5. The molecule has 3 aromatic rings. The number of anilines is 1. The van der Waals surface area contributed by atoms with Gasteiger partial charge in [0.05, 0.1) is 32.9 Å². The van der Waals surface area contributed by atoms with E-state index in [9.17, 15) is 24.5 Å². The number of halogens is 1. The molecule has 160 valence electrons. The fourth-order valence-corrected chi connectivity index (χ4v) is 3.54. The van der Waals surface area contributed by atoms with Crippen LogP contribution in [0, 0.1) is 17.0 Å². The van der Waals surface area contributed by atoms with Gasteiger partial charge in [-0.3, -0.25) is 19.7 Å². The minimum atomic E-state index is -0.775. The summed E-state index contributed by atoms with van der Waals surface area (Å²) in [5.74, 6) is -1.88. The van der Waals surface area contributed by atoms with Gasteiger partial charge >= 0.3 is 5.97 Å². The first-order valence-corrected chi connectivity index (χ1v) is 9.84. The largest absolute Gasteiger partial charge is 0.457 e. The van der Waals surface area contributed by atoms with Gasteiger partial charge in [-0.15, -0.1) is 0 Å². The summed E-state index contributed by atoms with van der Waals surface area (Å²) < 4.78 is 5.20. The zero-order valence-corrected chi connectivity index (χ0v) is 17.5. The molecule has 4 rings (SSSR count). The molecule has 0 aromatic heterocycles. The normalized spacial score (nSPS) is 12.6. The van der Waals surface area contributed by atoms with Crippen molar-refractivity contribution in [3.8, 4) is 0 Å². The van der Waals surface area contributed by atoms with Crippen LogP contribution in [-0.4, -0.2) is 22.7 Å². The molecule has 0 saturated carbocycles. The van der Waals surface area contributed by atoms with Gasteiger partial charge in [-0.2, -0.15) is 0 Å². The summed E-state index contributed by atoms with van der Waals surface area (Å²) in [6.07, 6.45) is 0. The van der Waals surface area contributed by atoms with Crippen molar-refractivity contribution in [1.82, 2.24) is 0 Å². The molecule has 3 aromatic carbocycles. The molecule has 0 atom stereocenters. The lowest BCUT2D eigenvalue weighted by atomic mass is 10.1. The monoisotopic (exact) mass is 450 g/mol. The molecule has 1 aliphatic heterocycles. The first-order chi connectivity index (χ1) is 15.3. The summed E-state index contributed by atoms with van der Waals surface area (Å²) in [5, 5.41) is 11.5. The highest BCUT2D eigenvalue weighted by Crippen LogP contribution is 2.31. The number of amides is 2. The maximum Gasteiger partial charge on any atom is 0.338 e. The average Bonchev–Trinajstić information content (AvgIpc) is 3.03. The number of esters is 1. The van der Waals surface area contributed by atoms with E-state index in [0.717, 1.165) is 10.5 Å². The van der Waals surface area contributed by atoms with Gasteiger partial charge in [-0.1, -0.05) is 29.8 Å². The zero-order valence-electron chi connectivity index (χ0n) is 16.7. The molecule has 0 aliphatic carbocycles. The van der Waals surface area contributed by atoms with E-state index in [1.54, 1.807) is 25.1 Å². The highest BCUT2D eigenvalue weighted by atomic mass is 35.5. The number of imide groups is 1. The van der Waals surface area contributed by atoms with Gasteiger partial charge in [0.25, 0.3) is 17.5 Å². The Morgan fingerprint density at radius 3 is 2.47 bits per heavy atom. The number of hydrogen-bond donors (Lipinski definition) is 0. The lowest BCUT2D eigenvalue weighted by molar-refractivity contribution is -0.385. The summed E-state index contributed by atoms with van der Waals surface area (Å²) in [6, 6.07) is 14.8. The van der Waals surface area contributed by atoms with Crippen molar-refractivity contribution in [2.75, 3.05) is 4.90 Å². The van der Waals surface area contributed by atoms with E-state index in [1.165, 1.54) is 42.5 Å². The quantitative estimate of drug-likeness (QED) is 0.241. The van der Waals surface area contributed by atoms with E-state index in [1.807, 2.05) is 0 Å². The fraction of sp³-hybridized carbons (Fsp3) is 0.0870. The first-order valence-electron chi connectivity index (χ1n) is 9.46. The van der Waals surface area contributed by atoms with E-state index < -0.39 is 22.7 Å². The van der Waals surface area contributed by atoms with Crippen LogP contribution in [0.5, 0.6) is 0 Å². The van der Waals surface area contributed by atoms with E-state index >= 15 is 0 Å². The predicted octanol–water partition coefficient (Wildman–Crippen LogP) is 4.71. The average molecular weight is 451 g/mol. The van der Waals surface area contributed by atoms with Crippen LogP contribution in [0.1, 0.15) is 42.2 Å². The molecule has 0 unspecified atom stereocenters. The summed E-state index contributed by atoms with van der Waals surface area (Å²) in [6.45, 7) is 1.49. The van der Waals surface area contributed by atoms with E-state index in [-0.39, 0.29) is 34.5 Å². The number of nitro groups is 1. The molecule has 9 heteroatoms. The Labute approximate surface area is 187 Å². The van der Waals surface area contributed by atoms with Crippen molar-refractivity contribution in [3.05, 3.63) is 104 Å². The summed E-state index contributed by atoms with van der Waals surface area (Å²) in [7, 11) is 0. The van der Waals surface area contributed by atoms with Crippen LogP contribution < -0.4 is 4.90 Å². The molecule has 0 spiro atoms. The van der Waals surface area contributed by atoms with Crippen LogP contribution in [-0.2, 0) is 11.3 Å². The van der Waals surface area contributed by atoms with Crippen LogP contribution in [0.25, 0.3) is 0 Å². The SMILES string of the molecule is Cc1ccc(N2C(=O)c3ccc(C(=O)OCc4ccccc4[N+](=O)[O-])cc3C2=O)cc1Cl. The molecule has 0 radical (unpaired) electrons. The Bertz CT molecular complexity index is 1300. The van der Waals surface area contributed by atoms with Crippen molar-refractivity contribution >= 4 is 40.8 Å². The van der Waals surface area contributed by atoms with Crippen LogP contribution in [0.4, 0.5) is 11.4 Å². The second-order valence-corrected chi connectivity index (χ2v) is 7.51. The maximum atomic E-state index is 12.9. The van der Waals surface area contributed by atoms with Crippen molar-refractivity contribution in [2.24, 2.45) is 0 Å². The summed E-state index contributed by atoms with van der Waals surface area (Å²) >= 11 is 6.13. The van der Waals surface area contributed by atoms with Gasteiger partial charge in [0, 0.05) is 11.1 Å². The van der Waals surface area contributed by atoms with Crippen molar-refractivity contribution < 1.29 is 24.0 Å². The van der Waals surface area contributed by atoms with Gasteiger partial charge in [-0.25, -0.2) is 9.69 Å². The predicted molar refractivity (Wildman–Crippen MR) is 116 cm³/mol. The third kappa shape index (κ3) is 3.72. The number of hydrogen-bond acceptors (Lipinski definition) is 6. The van der Waals surface area contributed by atoms with E-state index in [2.05, 4.69) is 0 Å². The Kier molecular flexibility index (Phi) is 5.46. The highest BCUT2D eigenvalue weighted by molar-refractivity contribution is 6.36. The van der Waals surface area contributed by atoms with Crippen LogP contribution in [0.15, 0.2) is 60.7 Å². The van der Waals surface area contributed by atoms with E-state index in [0.29, 0.717) is 10.7 Å². The Morgan fingerprint density at radius 1 is 1.03 bits per heavy atom. The van der Waals surface area contributed by atoms with Gasteiger partial charge in [0.1, 0.15) is 6.61 Å². The molecule has 0 saturated heterocycles. The topological polar surface area (TPSA) is 107 Å². The number of carbonyl (C=O) groups excluding carboxylic acids is 3. The molecule has 0 fully saturated rings. The smallest absolute Gasteiger partial charge is 0.338 e. The molecule has 1 heterocycles. The minimum Gasteiger partial charge on any atom is -0.457 e. The summed E-state index contributed by atoms with van der Waals surface area (Å²) in [4.78, 5) is 49.7. The van der Waals surface area contributed by atoms with Crippen molar-refractivity contribution in [2.45, 2.75) is 13.5 Å². The number of nitro benzene ring substituents is 1. The molecule has 2 amide bonds. The number of benzene rings is 3. The molecule has 0 bridgehead atoms. The van der Waals surface area contributed by atoms with E-state index in [4.69, 9.17) is 16.3 Å². The number of nitrogens with zero attached hydrogens (tertiary/aromatic N) is 2. The maximum absolute atomic E-state index is 12.9. The lowest BCUT2D eigenvalue weighted by Gasteiger charge is -2.14. The van der Waals surface area contributed by atoms with Crippen LogP contribution in [0.2, 0.25) is 5.02 Å². The zero-order chi connectivity index (χ0) is 23.0. The second-order valence-electron chi connectivity index (χ2n) is 7.10. The standard InChI is InChI=1S/C23H15ClN2O6/c1-13-6-8-16(11-19(13)24)25-21(27)17-9-7-14(10-18(17)22(25)28)23(29)32-12-15-4-2-3-5-20(15)26(30)31/h2-11H,12H2,1H3. The first kappa shape index (κ1) is 21.2. The van der Waals surface area contributed by atoms with Crippen LogP contribution in [0.3, 0.4) is 0 Å². The minimum absolute atomic E-state index is 0.0484. The van der Waals surface area contributed by atoms with Gasteiger partial charge < -0.3 is 4.74 Å². The Balaban J connectivity index is 1.57. The molecule has 1 aliphatic rings. The number of aryl methyl sites for hydroxylation is 1. The number of para-hydroxylation sites is 1. The third-order valence-corrected chi connectivity index (χ3v) is 5.49. The van der Waals surface area contributed by atoms with Crippen molar-refractivity contribution in [3.63, 3.8) is 0 Å². The second kappa shape index (κ2) is 8.24. The molecular formula is C23H15ClN2O6. The van der Waals surface area contributed by atoms with Gasteiger partial charge in [0.2, 0.25) is 0 Å². The van der Waals surface area contributed by atoms with Crippen molar-refractivity contribution in [1.29, 1.82) is 0 Å². The molecule has 32 heavy (non-hydrogen) atoms. The number of fused-ring (bicyclic) bond motifs is 1. The van der Waals surface area contributed by atoms with Gasteiger partial charge in [-0.05, 0) is 48.9 Å². The molecule has 0 N–H and O–H groups in total. The number of carbonyl (C=O) groups is 3. The molecule has 8 nitrogen and oxygen atoms in total. The third-order valence-electron chi connectivity index (χ3n) is 5.08. The lowest BCUT2D eigenvalue weighted by Crippen LogP contribution is -2.29. The number of ether oxygens (including phenoxy) is 1. The Hall–Kier alpha value is -4.04.